The van der Waals surface area contributed by atoms with E-state index in [0.29, 0.717) is 10.9 Å². The second-order valence-corrected chi connectivity index (χ2v) is 10.8. The molecule has 2 aliphatic rings. The highest BCUT2D eigenvalue weighted by Crippen LogP contribution is 2.30. The minimum absolute atomic E-state index is 0.315. The molecule has 0 N–H and O–H groups in total. The van der Waals surface area contributed by atoms with Crippen molar-refractivity contribution in [2.24, 2.45) is 0 Å². The van der Waals surface area contributed by atoms with Crippen LogP contribution in [0.25, 0.3) is 21.7 Å². The monoisotopic (exact) mass is 445 g/mol. The third kappa shape index (κ3) is 3.29. The van der Waals surface area contributed by atoms with Crippen molar-refractivity contribution >= 4 is 37.4 Å². The summed E-state index contributed by atoms with van der Waals surface area (Å²) in [4.78, 5) is 5.35. The normalized spacial score (nSPS) is 20.0. The second-order valence-electron chi connectivity index (χ2n) is 9.00. The number of fused-ring (bicyclic) bond motifs is 3. The number of piperidine rings is 1. The third-order valence-electron chi connectivity index (χ3n) is 7.12. The Hall–Kier alpha value is -2.83. The average molecular weight is 446 g/mol. The van der Waals surface area contributed by atoms with Gasteiger partial charge in [-0.1, -0.05) is 42.8 Å². The van der Waals surface area contributed by atoms with Gasteiger partial charge in [0.2, 0.25) is 0 Å². The highest BCUT2D eigenvalue weighted by Gasteiger charge is 2.29. The molecule has 2 fully saturated rings. The number of piperazine rings is 1. The summed E-state index contributed by atoms with van der Waals surface area (Å²) in [5, 5.41) is 2.90. The molecule has 2 saturated heterocycles. The second kappa shape index (κ2) is 7.64. The standard InChI is InChI=1S/C26H27N3O2S/c30-32(31,25-11-9-20-5-1-2-6-22(20)17-25)29-14-12-21-8-10-23(18-26(21)29)28-16-15-27-13-4-3-7-24(27)19-28/h1-2,5-6,8-12,14,17-18,24H,3-4,7,13,15-16,19H2. The third-order valence-corrected chi connectivity index (χ3v) is 8.81. The number of benzene rings is 3. The lowest BCUT2D eigenvalue weighted by Gasteiger charge is -2.45. The average Bonchev–Trinajstić information content (AvgIpc) is 3.27. The molecule has 4 aromatic rings. The molecule has 0 radical (unpaired) electrons. The first-order valence-electron chi connectivity index (χ1n) is 11.4. The van der Waals surface area contributed by atoms with E-state index in [2.05, 4.69) is 15.9 Å². The van der Waals surface area contributed by atoms with E-state index < -0.39 is 10.0 Å². The largest absolute Gasteiger partial charge is 0.369 e. The predicted octanol–water partition coefficient (Wildman–Crippen LogP) is 4.71. The molecular weight excluding hydrogens is 418 g/mol. The van der Waals surface area contributed by atoms with Crippen LogP contribution < -0.4 is 4.90 Å². The molecule has 164 valence electrons. The first-order chi connectivity index (χ1) is 15.6. The summed E-state index contributed by atoms with van der Waals surface area (Å²) in [6, 6.07) is 21.9. The van der Waals surface area contributed by atoms with E-state index in [1.165, 1.54) is 29.8 Å². The summed E-state index contributed by atoms with van der Waals surface area (Å²) in [6.45, 7) is 4.30. The fraction of sp³-hybridized carbons (Fsp3) is 0.308. The van der Waals surface area contributed by atoms with Crippen LogP contribution in [-0.2, 0) is 10.0 Å². The van der Waals surface area contributed by atoms with Crippen LogP contribution >= 0.6 is 0 Å². The highest BCUT2D eigenvalue weighted by molar-refractivity contribution is 7.90. The van der Waals surface area contributed by atoms with Crippen molar-refractivity contribution in [2.75, 3.05) is 31.1 Å². The first-order valence-corrected chi connectivity index (χ1v) is 12.9. The first kappa shape index (κ1) is 19.8. The van der Waals surface area contributed by atoms with Gasteiger partial charge in [-0.3, -0.25) is 4.90 Å². The van der Waals surface area contributed by atoms with Crippen LogP contribution in [0.5, 0.6) is 0 Å². The molecule has 0 aliphatic carbocycles. The van der Waals surface area contributed by atoms with Gasteiger partial charge in [0, 0.05) is 42.9 Å². The Bertz CT molecular complexity index is 1410. The molecular formula is C26H27N3O2S. The Balaban J connectivity index is 1.37. The minimum atomic E-state index is -3.69. The Kier molecular flexibility index (Phi) is 4.73. The van der Waals surface area contributed by atoms with E-state index in [9.17, 15) is 8.42 Å². The molecule has 1 unspecified atom stereocenters. The van der Waals surface area contributed by atoms with Gasteiger partial charge in [-0.05, 0) is 60.5 Å². The molecule has 6 heteroatoms. The van der Waals surface area contributed by atoms with Gasteiger partial charge >= 0.3 is 0 Å². The molecule has 0 amide bonds. The van der Waals surface area contributed by atoms with Gasteiger partial charge in [0.05, 0.1) is 10.4 Å². The lowest BCUT2D eigenvalue weighted by atomic mass is 9.99. The van der Waals surface area contributed by atoms with Crippen molar-refractivity contribution in [3.63, 3.8) is 0 Å². The summed E-state index contributed by atoms with van der Waals surface area (Å²) < 4.78 is 28.6. The molecule has 5 nitrogen and oxygen atoms in total. The van der Waals surface area contributed by atoms with Crippen molar-refractivity contribution in [3.05, 3.63) is 72.9 Å². The van der Waals surface area contributed by atoms with Gasteiger partial charge in [-0.25, -0.2) is 12.4 Å². The molecule has 1 aromatic heterocycles. The van der Waals surface area contributed by atoms with Crippen LogP contribution in [0.3, 0.4) is 0 Å². The maximum absolute atomic E-state index is 13.6. The maximum Gasteiger partial charge on any atom is 0.268 e. The van der Waals surface area contributed by atoms with Crippen molar-refractivity contribution in [1.82, 2.24) is 8.87 Å². The van der Waals surface area contributed by atoms with E-state index in [0.717, 1.165) is 47.0 Å². The quantitative estimate of drug-likeness (QED) is 0.458. The Morgan fingerprint density at radius 3 is 2.53 bits per heavy atom. The number of aromatic nitrogens is 1. The van der Waals surface area contributed by atoms with E-state index in [1.807, 2.05) is 48.5 Å². The van der Waals surface area contributed by atoms with Crippen LogP contribution in [0.2, 0.25) is 0 Å². The van der Waals surface area contributed by atoms with E-state index in [4.69, 9.17) is 0 Å². The molecule has 0 saturated carbocycles. The van der Waals surface area contributed by atoms with Gasteiger partial charge in [-0.2, -0.15) is 0 Å². The van der Waals surface area contributed by atoms with Gasteiger partial charge in [0.15, 0.2) is 0 Å². The number of rotatable bonds is 3. The van der Waals surface area contributed by atoms with Crippen LogP contribution in [-0.4, -0.2) is 49.5 Å². The van der Waals surface area contributed by atoms with Gasteiger partial charge in [0.1, 0.15) is 0 Å². The molecule has 1 atom stereocenters. The summed E-state index contributed by atoms with van der Waals surface area (Å²) in [7, 11) is -3.69. The number of anilines is 1. The van der Waals surface area contributed by atoms with Crippen LogP contribution in [0, 0.1) is 0 Å². The van der Waals surface area contributed by atoms with Crippen LogP contribution in [0.15, 0.2) is 77.8 Å². The van der Waals surface area contributed by atoms with E-state index >= 15 is 0 Å². The summed E-state index contributed by atoms with van der Waals surface area (Å²) in [6.07, 6.45) is 5.55. The Morgan fingerprint density at radius 1 is 0.781 bits per heavy atom. The summed E-state index contributed by atoms with van der Waals surface area (Å²) in [5.74, 6) is 0. The van der Waals surface area contributed by atoms with Gasteiger partial charge in [-0.15, -0.1) is 0 Å². The van der Waals surface area contributed by atoms with Crippen LogP contribution in [0.1, 0.15) is 19.3 Å². The molecule has 3 aromatic carbocycles. The van der Waals surface area contributed by atoms with Crippen molar-refractivity contribution in [1.29, 1.82) is 0 Å². The predicted molar refractivity (Wildman–Crippen MR) is 130 cm³/mol. The zero-order valence-electron chi connectivity index (χ0n) is 18.0. The molecule has 0 bridgehead atoms. The maximum atomic E-state index is 13.6. The molecule has 0 spiro atoms. The van der Waals surface area contributed by atoms with E-state index in [1.54, 1.807) is 18.3 Å². The zero-order valence-corrected chi connectivity index (χ0v) is 18.8. The van der Waals surface area contributed by atoms with Gasteiger partial charge in [0.25, 0.3) is 10.0 Å². The fourth-order valence-electron chi connectivity index (χ4n) is 5.33. The smallest absolute Gasteiger partial charge is 0.268 e. The number of hydrogen-bond acceptors (Lipinski definition) is 4. The number of nitrogens with zero attached hydrogens (tertiary/aromatic N) is 3. The van der Waals surface area contributed by atoms with Gasteiger partial charge < -0.3 is 4.90 Å². The molecule has 3 heterocycles. The Labute approximate surface area is 188 Å². The molecule has 32 heavy (non-hydrogen) atoms. The van der Waals surface area contributed by atoms with Crippen molar-refractivity contribution < 1.29 is 8.42 Å². The minimum Gasteiger partial charge on any atom is -0.369 e. The molecule has 2 aliphatic heterocycles. The van der Waals surface area contributed by atoms with E-state index in [-0.39, 0.29) is 0 Å². The SMILES string of the molecule is O=S(=O)(c1ccc2ccccc2c1)n1ccc2ccc(N3CCN4CCCCC4C3)cc21. The topological polar surface area (TPSA) is 45.6 Å². The summed E-state index contributed by atoms with van der Waals surface area (Å²) in [5.41, 5.74) is 1.85. The number of hydrogen-bond donors (Lipinski definition) is 0. The lowest BCUT2D eigenvalue weighted by Crippen LogP contribution is -2.54. The lowest BCUT2D eigenvalue weighted by molar-refractivity contribution is 0.133. The summed E-state index contributed by atoms with van der Waals surface area (Å²) >= 11 is 0. The zero-order chi connectivity index (χ0) is 21.7. The fourth-order valence-corrected chi connectivity index (χ4v) is 6.71. The van der Waals surface area contributed by atoms with Crippen molar-refractivity contribution in [3.8, 4) is 0 Å². The highest BCUT2D eigenvalue weighted by atomic mass is 32.2. The van der Waals surface area contributed by atoms with Crippen LogP contribution in [0.4, 0.5) is 5.69 Å². The van der Waals surface area contributed by atoms with Crippen molar-refractivity contribution in [2.45, 2.75) is 30.2 Å². The Morgan fingerprint density at radius 2 is 1.62 bits per heavy atom. The molecule has 6 rings (SSSR count).